The summed E-state index contributed by atoms with van der Waals surface area (Å²) in [4.78, 5) is 7.53. The third-order valence-corrected chi connectivity index (χ3v) is 4.33. The predicted octanol–water partition coefficient (Wildman–Crippen LogP) is 4.82. The summed E-state index contributed by atoms with van der Waals surface area (Å²) in [5, 5.41) is 2.52. The number of H-pyrrole nitrogens is 1. The van der Waals surface area contributed by atoms with E-state index in [0.717, 1.165) is 46.4 Å². The van der Waals surface area contributed by atoms with Gasteiger partial charge < -0.3 is 10.7 Å². The standard InChI is InChI=1S/C17H17Cl2N3/c18-11-4-5-16-14(9-11)12(3-1-2-7-20)17(22-16)13-6-8-21-10-15(13)19/h4-6,8-10,22H,1-3,7,20H2. The van der Waals surface area contributed by atoms with Gasteiger partial charge in [-0.25, -0.2) is 0 Å². The van der Waals surface area contributed by atoms with E-state index in [1.54, 1.807) is 12.4 Å². The molecule has 0 saturated carbocycles. The first-order valence-corrected chi connectivity index (χ1v) is 8.06. The summed E-state index contributed by atoms with van der Waals surface area (Å²) < 4.78 is 0. The summed E-state index contributed by atoms with van der Waals surface area (Å²) in [6, 6.07) is 7.83. The molecule has 2 aromatic heterocycles. The van der Waals surface area contributed by atoms with Crippen molar-refractivity contribution in [2.45, 2.75) is 19.3 Å². The van der Waals surface area contributed by atoms with Gasteiger partial charge in [0.05, 0.1) is 10.7 Å². The summed E-state index contributed by atoms with van der Waals surface area (Å²) in [6.45, 7) is 0.703. The van der Waals surface area contributed by atoms with Crippen molar-refractivity contribution in [1.82, 2.24) is 9.97 Å². The van der Waals surface area contributed by atoms with Crippen LogP contribution in [0.3, 0.4) is 0 Å². The maximum absolute atomic E-state index is 6.32. The normalized spacial score (nSPS) is 11.2. The van der Waals surface area contributed by atoms with Crippen LogP contribution in [0.5, 0.6) is 0 Å². The molecule has 0 aliphatic rings. The predicted molar refractivity (Wildman–Crippen MR) is 93.5 cm³/mol. The number of nitrogens with one attached hydrogen (secondary N) is 1. The van der Waals surface area contributed by atoms with Gasteiger partial charge in [0.25, 0.3) is 0 Å². The fourth-order valence-corrected chi connectivity index (χ4v) is 3.12. The smallest absolute Gasteiger partial charge is 0.0682 e. The topological polar surface area (TPSA) is 54.7 Å². The molecular weight excluding hydrogens is 317 g/mol. The van der Waals surface area contributed by atoms with Gasteiger partial charge in [-0.3, -0.25) is 4.98 Å². The number of hydrogen-bond donors (Lipinski definition) is 2. The van der Waals surface area contributed by atoms with E-state index < -0.39 is 0 Å². The minimum Gasteiger partial charge on any atom is -0.354 e. The first kappa shape index (κ1) is 15.3. The molecule has 3 nitrogen and oxygen atoms in total. The number of fused-ring (bicyclic) bond motifs is 1. The van der Waals surface area contributed by atoms with Gasteiger partial charge in [-0.05, 0) is 55.6 Å². The lowest BCUT2D eigenvalue weighted by Gasteiger charge is -2.06. The van der Waals surface area contributed by atoms with Crippen LogP contribution in [0.15, 0.2) is 36.7 Å². The summed E-state index contributed by atoms with van der Waals surface area (Å²) in [7, 11) is 0. The highest BCUT2D eigenvalue weighted by atomic mass is 35.5. The van der Waals surface area contributed by atoms with E-state index in [-0.39, 0.29) is 0 Å². The summed E-state index contributed by atoms with van der Waals surface area (Å²) in [6.07, 6.45) is 6.39. The minimum absolute atomic E-state index is 0.639. The molecule has 3 N–H and O–H groups in total. The second kappa shape index (κ2) is 6.69. The molecule has 1 aromatic carbocycles. The van der Waals surface area contributed by atoms with Gasteiger partial charge in [-0.1, -0.05) is 23.2 Å². The summed E-state index contributed by atoms with van der Waals surface area (Å²) in [5.74, 6) is 0. The van der Waals surface area contributed by atoms with Crippen LogP contribution in [0.25, 0.3) is 22.2 Å². The van der Waals surface area contributed by atoms with Gasteiger partial charge in [0, 0.05) is 33.9 Å². The second-order valence-electron chi connectivity index (χ2n) is 5.27. The van der Waals surface area contributed by atoms with Crippen molar-refractivity contribution in [3.63, 3.8) is 0 Å². The molecule has 0 fully saturated rings. The van der Waals surface area contributed by atoms with Crippen molar-refractivity contribution in [3.8, 4) is 11.3 Å². The Morgan fingerprint density at radius 1 is 1.14 bits per heavy atom. The van der Waals surface area contributed by atoms with E-state index in [0.29, 0.717) is 11.6 Å². The molecule has 0 aliphatic carbocycles. The van der Waals surface area contributed by atoms with E-state index in [1.807, 2.05) is 24.3 Å². The molecule has 0 amide bonds. The lowest BCUT2D eigenvalue weighted by molar-refractivity contribution is 0.748. The van der Waals surface area contributed by atoms with Crippen LogP contribution in [0, 0.1) is 0 Å². The number of nitrogens with zero attached hydrogens (tertiary/aromatic N) is 1. The van der Waals surface area contributed by atoms with Gasteiger partial charge in [-0.15, -0.1) is 0 Å². The Kier molecular flexibility index (Phi) is 4.67. The number of halogens is 2. The Balaban J connectivity index is 2.15. The van der Waals surface area contributed by atoms with E-state index in [1.165, 1.54) is 5.56 Å². The Hall–Kier alpha value is -1.55. The molecule has 3 aromatic rings. The van der Waals surface area contributed by atoms with Crippen LogP contribution in [-0.4, -0.2) is 16.5 Å². The number of aromatic amines is 1. The zero-order valence-corrected chi connectivity index (χ0v) is 13.6. The molecule has 0 unspecified atom stereocenters. The Morgan fingerprint density at radius 3 is 2.77 bits per heavy atom. The van der Waals surface area contributed by atoms with Crippen LogP contribution in [0.2, 0.25) is 10.0 Å². The first-order chi connectivity index (χ1) is 10.7. The number of aromatic nitrogens is 2. The molecule has 3 rings (SSSR count). The van der Waals surface area contributed by atoms with Crippen molar-refractivity contribution in [2.24, 2.45) is 5.73 Å². The number of rotatable bonds is 5. The molecule has 2 heterocycles. The second-order valence-corrected chi connectivity index (χ2v) is 6.11. The molecule has 22 heavy (non-hydrogen) atoms. The maximum atomic E-state index is 6.32. The number of nitrogens with two attached hydrogens (primary N) is 1. The lowest BCUT2D eigenvalue weighted by Crippen LogP contribution is -1.99. The third kappa shape index (κ3) is 2.98. The maximum Gasteiger partial charge on any atom is 0.0682 e. The number of benzene rings is 1. The number of unbranched alkanes of at least 4 members (excludes halogenated alkanes) is 1. The molecule has 0 aliphatic heterocycles. The van der Waals surface area contributed by atoms with Crippen LogP contribution in [-0.2, 0) is 6.42 Å². The fourth-order valence-electron chi connectivity index (χ4n) is 2.73. The van der Waals surface area contributed by atoms with Gasteiger partial charge in [0.15, 0.2) is 0 Å². The zero-order chi connectivity index (χ0) is 15.5. The molecule has 5 heteroatoms. The van der Waals surface area contributed by atoms with Gasteiger partial charge in [-0.2, -0.15) is 0 Å². The third-order valence-electron chi connectivity index (χ3n) is 3.79. The van der Waals surface area contributed by atoms with E-state index in [4.69, 9.17) is 28.9 Å². The molecule has 0 radical (unpaired) electrons. The van der Waals surface area contributed by atoms with Crippen molar-refractivity contribution in [1.29, 1.82) is 0 Å². The monoisotopic (exact) mass is 333 g/mol. The average molecular weight is 334 g/mol. The quantitative estimate of drug-likeness (QED) is 0.657. The fraction of sp³-hybridized carbons (Fsp3) is 0.235. The Bertz CT molecular complexity index is 796. The lowest BCUT2D eigenvalue weighted by atomic mass is 10.0. The van der Waals surface area contributed by atoms with Crippen molar-refractivity contribution >= 4 is 34.1 Å². The molecule has 0 bridgehead atoms. The van der Waals surface area contributed by atoms with Crippen molar-refractivity contribution in [2.75, 3.05) is 6.54 Å². The minimum atomic E-state index is 0.639. The number of pyridine rings is 1. The van der Waals surface area contributed by atoms with Gasteiger partial charge in [0.1, 0.15) is 0 Å². The first-order valence-electron chi connectivity index (χ1n) is 7.30. The van der Waals surface area contributed by atoms with E-state index >= 15 is 0 Å². The van der Waals surface area contributed by atoms with E-state index in [9.17, 15) is 0 Å². The molecule has 0 saturated heterocycles. The van der Waals surface area contributed by atoms with E-state index in [2.05, 4.69) is 9.97 Å². The van der Waals surface area contributed by atoms with Crippen LogP contribution in [0.4, 0.5) is 0 Å². The molecule has 0 atom stereocenters. The molecule has 0 spiro atoms. The Morgan fingerprint density at radius 2 is 2.00 bits per heavy atom. The van der Waals surface area contributed by atoms with Crippen LogP contribution < -0.4 is 5.73 Å². The SMILES string of the molecule is NCCCCc1c(-c2ccncc2Cl)[nH]c2ccc(Cl)cc12. The largest absolute Gasteiger partial charge is 0.354 e. The summed E-state index contributed by atoms with van der Waals surface area (Å²) >= 11 is 12.5. The number of hydrogen-bond acceptors (Lipinski definition) is 2. The molecular formula is C17H17Cl2N3. The van der Waals surface area contributed by atoms with Crippen molar-refractivity contribution in [3.05, 3.63) is 52.3 Å². The highest BCUT2D eigenvalue weighted by molar-refractivity contribution is 6.33. The van der Waals surface area contributed by atoms with Crippen molar-refractivity contribution < 1.29 is 0 Å². The Labute approximate surface area is 139 Å². The average Bonchev–Trinajstić information content (AvgIpc) is 2.86. The van der Waals surface area contributed by atoms with Crippen LogP contribution in [0.1, 0.15) is 18.4 Å². The van der Waals surface area contributed by atoms with Gasteiger partial charge in [0.2, 0.25) is 0 Å². The highest BCUT2D eigenvalue weighted by Crippen LogP contribution is 2.35. The number of aryl methyl sites for hydroxylation is 1. The zero-order valence-electron chi connectivity index (χ0n) is 12.1. The summed E-state index contributed by atoms with van der Waals surface area (Å²) in [5.41, 5.74) is 9.93. The van der Waals surface area contributed by atoms with Gasteiger partial charge >= 0.3 is 0 Å². The van der Waals surface area contributed by atoms with Crippen LogP contribution >= 0.6 is 23.2 Å². The molecule has 114 valence electrons. The highest BCUT2D eigenvalue weighted by Gasteiger charge is 2.15.